The van der Waals surface area contributed by atoms with E-state index in [0.717, 1.165) is 63.1 Å². The molecule has 6 nitrogen and oxygen atoms in total. The third-order valence-electron chi connectivity index (χ3n) is 7.13. The summed E-state index contributed by atoms with van der Waals surface area (Å²) in [4.78, 5) is 19.5. The lowest BCUT2D eigenvalue weighted by molar-refractivity contribution is 0.185. The van der Waals surface area contributed by atoms with Crippen LogP contribution in [0.1, 0.15) is 62.0 Å². The molecule has 1 unspecified atom stereocenters. The van der Waals surface area contributed by atoms with Crippen molar-refractivity contribution in [3.05, 3.63) is 59.9 Å². The average Bonchev–Trinajstić information content (AvgIpc) is 2.85. The molecule has 2 fully saturated rings. The Labute approximate surface area is 198 Å². The van der Waals surface area contributed by atoms with Crippen molar-refractivity contribution in [3.8, 4) is 5.75 Å². The third-order valence-corrected chi connectivity index (χ3v) is 7.13. The number of piperidine rings is 1. The Morgan fingerprint density at radius 1 is 1.09 bits per heavy atom. The van der Waals surface area contributed by atoms with Gasteiger partial charge in [0.1, 0.15) is 5.75 Å². The van der Waals surface area contributed by atoms with Crippen LogP contribution >= 0.6 is 0 Å². The van der Waals surface area contributed by atoms with Crippen LogP contribution in [0.15, 0.2) is 48.8 Å². The highest BCUT2D eigenvalue weighted by Gasteiger charge is 2.26. The maximum atomic E-state index is 12.8. The van der Waals surface area contributed by atoms with E-state index in [1.807, 2.05) is 18.3 Å². The Bertz CT molecular complexity index is 861. The zero-order chi connectivity index (χ0) is 22.9. The Balaban J connectivity index is 1.34. The Kier molecular flexibility index (Phi) is 8.59. The van der Waals surface area contributed by atoms with Crippen LogP contribution in [0.5, 0.6) is 5.75 Å². The lowest BCUT2D eigenvalue weighted by Crippen LogP contribution is -2.52. The number of hydrogen-bond donors (Lipinski definition) is 2. The Morgan fingerprint density at radius 3 is 2.61 bits per heavy atom. The van der Waals surface area contributed by atoms with Gasteiger partial charge >= 0.3 is 6.03 Å². The number of likely N-dealkylation sites (tertiary alicyclic amines) is 1. The Morgan fingerprint density at radius 2 is 1.88 bits per heavy atom. The highest BCUT2D eigenvalue weighted by molar-refractivity contribution is 5.74. The van der Waals surface area contributed by atoms with Gasteiger partial charge in [0.2, 0.25) is 0 Å². The number of ether oxygens (including phenoxy) is 1. The molecule has 2 heterocycles. The molecule has 2 N–H and O–H groups in total. The topological polar surface area (TPSA) is 66.5 Å². The van der Waals surface area contributed by atoms with Crippen molar-refractivity contribution in [2.75, 3.05) is 26.7 Å². The lowest BCUT2D eigenvalue weighted by atomic mass is 9.88. The molecule has 2 aliphatic rings. The van der Waals surface area contributed by atoms with Gasteiger partial charge in [-0.15, -0.1) is 0 Å². The maximum absolute atomic E-state index is 12.8. The number of aromatic nitrogens is 1. The highest BCUT2D eigenvalue weighted by Crippen LogP contribution is 2.34. The summed E-state index contributed by atoms with van der Waals surface area (Å²) in [5, 5.41) is 6.50. The zero-order valence-corrected chi connectivity index (χ0v) is 19.8. The van der Waals surface area contributed by atoms with E-state index < -0.39 is 0 Å². The van der Waals surface area contributed by atoms with E-state index in [4.69, 9.17) is 4.74 Å². The molecule has 1 saturated heterocycles. The number of carbonyl (C=O) groups is 1. The molecule has 33 heavy (non-hydrogen) atoms. The van der Waals surface area contributed by atoms with Gasteiger partial charge in [-0.2, -0.15) is 0 Å². The molecule has 1 aliphatic heterocycles. The summed E-state index contributed by atoms with van der Waals surface area (Å²) in [6.45, 7) is 2.90. The highest BCUT2D eigenvalue weighted by atomic mass is 16.5. The monoisotopic (exact) mass is 450 g/mol. The van der Waals surface area contributed by atoms with Gasteiger partial charge in [0.25, 0.3) is 0 Å². The van der Waals surface area contributed by atoms with Crippen LogP contribution in [0, 0.1) is 0 Å². The van der Waals surface area contributed by atoms with Crippen molar-refractivity contribution in [2.24, 2.45) is 0 Å². The fourth-order valence-electron chi connectivity index (χ4n) is 5.37. The molecule has 0 radical (unpaired) electrons. The number of benzene rings is 1. The summed E-state index contributed by atoms with van der Waals surface area (Å²) < 4.78 is 5.59. The van der Waals surface area contributed by atoms with Crippen molar-refractivity contribution >= 4 is 6.03 Å². The predicted molar refractivity (Wildman–Crippen MR) is 132 cm³/mol. The summed E-state index contributed by atoms with van der Waals surface area (Å²) in [7, 11) is 1.75. The first-order valence-electron chi connectivity index (χ1n) is 12.5. The molecular weight excluding hydrogens is 412 g/mol. The number of amides is 2. The molecule has 1 aromatic heterocycles. The van der Waals surface area contributed by atoms with E-state index in [-0.39, 0.29) is 12.1 Å². The molecule has 4 rings (SSSR count). The second-order valence-electron chi connectivity index (χ2n) is 9.53. The van der Waals surface area contributed by atoms with Crippen LogP contribution in [-0.4, -0.2) is 54.7 Å². The van der Waals surface area contributed by atoms with Crippen LogP contribution in [-0.2, 0) is 6.42 Å². The largest absolute Gasteiger partial charge is 0.496 e. The smallest absolute Gasteiger partial charge is 0.315 e. The predicted octanol–water partition coefficient (Wildman–Crippen LogP) is 4.51. The number of carbonyl (C=O) groups excluding carboxylic acids is 1. The summed E-state index contributed by atoms with van der Waals surface area (Å²) in [5.74, 6) is 1.52. The second kappa shape index (κ2) is 12.0. The number of urea groups is 1. The van der Waals surface area contributed by atoms with E-state index in [0.29, 0.717) is 12.0 Å². The number of rotatable bonds is 8. The van der Waals surface area contributed by atoms with E-state index in [2.05, 4.69) is 44.8 Å². The molecule has 1 atom stereocenters. The van der Waals surface area contributed by atoms with E-state index >= 15 is 0 Å². The fraction of sp³-hybridized carbons (Fsp3) is 0.556. The first kappa shape index (κ1) is 23.6. The van der Waals surface area contributed by atoms with Crippen LogP contribution in [0.3, 0.4) is 0 Å². The van der Waals surface area contributed by atoms with Crippen molar-refractivity contribution in [1.82, 2.24) is 20.5 Å². The van der Waals surface area contributed by atoms with Gasteiger partial charge < -0.3 is 20.3 Å². The molecule has 0 spiro atoms. The van der Waals surface area contributed by atoms with Gasteiger partial charge in [0.05, 0.1) is 7.11 Å². The van der Waals surface area contributed by atoms with Gasteiger partial charge in [0, 0.05) is 31.0 Å². The van der Waals surface area contributed by atoms with E-state index in [9.17, 15) is 4.79 Å². The lowest BCUT2D eigenvalue weighted by Gasteiger charge is -2.35. The quantitative estimate of drug-likeness (QED) is 0.621. The number of pyridine rings is 1. The molecule has 2 aromatic rings. The summed E-state index contributed by atoms with van der Waals surface area (Å²) >= 11 is 0. The van der Waals surface area contributed by atoms with Crippen LogP contribution in [0.4, 0.5) is 4.79 Å². The van der Waals surface area contributed by atoms with Crippen molar-refractivity contribution in [1.29, 1.82) is 0 Å². The minimum Gasteiger partial charge on any atom is -0.496 e. The third kappa shape index (κ3) is 6.94. The van der Waals surface area contributed by atoms with Crippen LogP contribution in [0.25, 0.3) is 0 Å². The van der Waals surface area contributed by atoms with Gasteiger partial charge in [-0.05, 0) is 74.4 Å². The number of para-hydroxylation sites is 1. The van der Waals surface area contributed by atoms with Gasteiger partial charge in [-0.25, -0.2) is 4.79 Å². The first-order valence-corrected chi connectivity index (χ1v) is 12.5. The molecular formula is C27H38N4O2. The van der Waals surface area contributed by atoms with Crippen LogP contribution in [0.2, 0.25) is 0 Å². The van der Waals surface area contributed by atoms with Crippen molar-refractivity contribution in [2.45, 2.75) is 69.4 Å². The summed E-state index contributed by atoms with van der Waals surface area (Å²) in [5.41, 5.74) is 2.47. The van der Waals surface area contributed by atoms with E-state index in [1.165, 1.54) is 24.8 Å². The van der Waals surface area contributed by atoms with Crippen molar-refractivity contribution < 1.29 is 9.53 Å². The molecule has 1 aromatic carbocycles. The molecule has 6 heteroatoms. The zero-order valence-electron chi connectivity index (χ0n) is 19.8. The van der Waals surface area contributed by atoms with Gasteiger partial charge in [-0.3, -0.25) is 4.98 Å². The first-order chi connectivity index (χ1) is 16.2. The standard InChI is InChI=1S/C27H38N4O2/c1-33-26-12-6-5-11-25(26)22-13-16-31(17-14-22)20-24(18-21-8-7-15-28-19-21)30-27(32)29-23-9-3-2-4-10-23/h5-8,11-12,15,19,22-24H,2-4,9-10,13-14,16-18,20H2,1H3,(H2,29,30,32). The fourth-order valence-corrected chi connectivity index (χ4v) is 5.37. The van der Waals surface area contributed by atoms with Crippen molar-refractivity contribution in [3.63, 3.8) is 0 Å². The summed E-state index contributed by atoms with van der Waals surface area (Å²) in [6.07, 6.45) is 12.6. The minimum absolute atomic E-state index is 0.0281. The number of nitrogens with one attached hydrogen (secondary N) is 2. The minimum atomic E-state index is -0.0281. The normalized spacial score (nSPS) is 19.1. The molecule has 1 aliphatic carbocycles. The van der Waals surface area contributed by atoms with Gasteiger partial charge in [-0.1, -0.05) is 43.5 Å². The maximum Gasteiger partial charge on any atom is 0.315 e. The average molecular weight is 451 g/mol. The molecule has 178 valence electrons. The number of hydrogen-bond acceptors (Lipinski definition) is 4. The summed E-state index contributed by atoms with van der Waals surface area (Å²) in [6, 6.07) is 12.8. The number of nitrogens with zero attached hydrogens (tertiary/aromatic N) is 2. The van der Waals surface area contributed by atoms with Gasteiger partial charge in [0.15, 0.2) is 0 Å². The van der Waals surface area contributed by atoms with Crippen LogP contribution < -0.4 is 15.4 Å². The Hall–Kier alpha value is -2.60. The molecule has 1 saturated carbocycles. The van der Waals surface area contributed by atoms with E-state index in [1.54, 1.807) is 13.3 Å². The molecule has 0 bridgehead atoms. The molecule has 2 amide bonds. The second-order valence-corrected chi connectivity index (χ2v) is 9.53. The SMILES string of the molecule is COc1ccccc1C1CCN(CC(Cc2cccnc2)NC(=O)NC2CCCCC2)CC1. The number of methoxy groups -OCH3 is 1.